The van der Waals surface area contributed by atoms with Crippen molar-refractivity contribution in [3.63, 3.8) is 0 Å². The molecule has 156 valence electrons. The highest BCUT2D eigenvalue weighted by atomic mass is 32.1. The van der Waals surface area contributed by atoms with Crippen LogP contribution in [0.1, 0.15) is 47.9 Å². The molecule has 30 heavy (non-hydrogen) atoms. The lowest BCUT2D eigenvalue weighted by Gasteiger charge is -2.24. The second-order valence-corrected chi connectivity index (χ2v) is 8.81. The molecule has 0 aliphatic carbocycles. The maximum Gasteiger partial charge on any atom is 0.223 e. The van der Waals surface area contributed by atoms with Crippen LogP contribution in [0.3, 0.4) is 0 Å². The van der Waals surface area contributed by atoms with E-state index < -0.39 is 0 Å². The van der Waals surface area contributed by atoms with Crippen LogP contribution in [0, 0.1) is 12.7 Å². The van der Waals surface area contributed by atoms with Crippen molar-refractivity contribution in [3.8, 4) is 0 Å². The van der Waals surface area contributed by atoms with Gasteiger partial charge in [-0.05, 0) is 62.4 Å². The normalized spacial score (nSPS) is 16.1. The van der Waals surface area contributed by atoms with Crippen LogP contribution in [-0.2, 0) is 11.2 Å². The number of halogens is 1. The number of likely N-dealkylation sites (tertiary alicyclic amines) is 1. The van der Waals surface area contributed by atoms with E-state index in [1.807, 2.05) is 36.2 Å². The smallest absolute Gasteiger partial charge is 0.223 e. The Morgan fingerprint density at radius 2 is 2.10 bits per heavy atom. The zero-order chi connectivity index (χ0) is 20.9. The molecule has 0 saturated carbocycles. The Balaban J connectivity index is 1.37. The molecule has 5 nitrogen and oxygen atoms in total. The highest BCUT2D eigenvalue weighted by molar-refractivity contribution is 7.15. The van der Waals surface area contributed by atoms with Crippen molar-refractivity contribution in [2.45, 2.75) is 45.1 Å². The fourth-order valence-corrected chi connectivity index (χ4v) is 4.51. The summed E-state index contributed by atoms with van der Waals surface area (Å²) in [6.45, 7) is 2.79. The second-order valence-electron chi connectivity index (χ2n) is 7.57. The van der Waals surface area contributed by atoms with Crippen LogP contribution in [0.25, 0.3) is 0 Å². The van der Waals surface area contributed by atoms with E-state index in [0.29, 0.717) is 6.42 Å². The Labute approximate surface area is 180 Å². The van der Waals surface area contributed by atoms with Gasteiger partial charge in [-0.3, -0.25) is 4.79 Å². The Hall–Kier alpha value is -2.80. The lowest BCUT2D eigenvalue weighted by molar-refractivity contribution is -0.132. The fraction of sp³-hybridized carbons (Fsp3) is 0.348. The van der Waals surface area contributed by atoms with Gasteiger partial charge in [0.25, 0.3) is 0 Å². The van der Waals surface area contributed by atoms with Gasteiger partial charge in [-0.15, -0.1) is 11.3 Å². The van der Waals surface area contributed by atoms with Crippen molar-refractivity contribution < 1.29 is 9.18 Å². The van der Waals surface area contributed by atoms with Crippen molar-refractivity contribution in [2.24, 2.45) is 0 Å². The second kappa shape index (κ2) is 9.34. The van der Waals surface area contributed by atoms with Gasteiger partial charge in [0.1, 0.15) is 11.6 Å². The number of amides is 1. The number of hydrogen-bond donors (Lipinski definition) is 1. The number of nitrogens with zero attached hydrogens (tertiary/aromatic N) is 3. The summed E-state index contributed by atoms with van der Waals surface area (Å²) in [5.74, 6) is 0.678. The van der Waals surface area contributed by atoms with Gasteiger partial charge in [0, 0.05) is 24.0 Å². The molecule has 0 bridgehead atoms. The predicted molar refractivity (Wildman–Crippen MR) is 117 cm³/mol. The lowest BCUT2D eigenvalue weighted by Crippen LogP contribution is -2.30. The van der Waals surface area contributed by atoms with Crippen LogP contribution in [0.15, 0.2) is 48.7 Å². The average Bonchev–Trinajstić information content (AvgIpc) is 3.39. The van der Waals surface area contributed by atoms with E-state index in [0.717, 1.165) is 59.3 Å². The number of thiazole rings is 1. The monoisotopic (exact) mass is 424 g/mol. The molecular formula is C23H25FN4OS. The fourth-order valence-electron chi connectivity index (χ4n) is 3.84. The molecule has 1 aliphatic heterocycles. The molecule has 1 saturated heterocycles. The first-order valence-electron chi connectivity index (χ1n) is 10.3. The van der Waals surface area contributed by atoms with Gasteiger partial charge in [0.2, 0.25) is 5.91 Å². The molecule has 3 aromatic rings. The molecule has 7 heteroatoms. The van der Waals surface area contributed by atoms with E-state index in [4.69, 9.17) is 4.98 Å². The van der Waals surface area contributed by atoms with Gasteiger partial charge in [-0.1, -0.05) is 18.2 Å². The molecule has 0 spiro atoms. The molecule has 1 N–H and O–H groups in total. The molecule has 1 amide bonds. The molecule has 4 rings (SSSR count). The van der Waals surface area contributed by atoms with E-state index in [1.54, 1.807) is 23.5 Å². The quantitative estimate of drug-likeness (QED) is 0.551. The van der Waals surface area contributed by atoms with Gasteiger partial charge >= 0.3 is 0 Å². The van der Waals surface area contributed by atoms with Gasteiger partial charge in [0.15, 0.2) is 5.13 Å². The molecule has 1 aliphatic rings. The molecule has 0 unspecified atom stereocenters. The summed E-state index contributed by atoms with van der Waals surface area (Å²) in [6, 6.07) is 12.4. The standard InChI is InChI=1S/C23H25FN4OS/c1-16-15-25-23(30-16)27-21-8-3-6-19(26-21)20-7-4-14-28(20)22(29)9-2-5-17-10-12-18(24)13-11-17/h3,6,8,10-13,15,20H,2,4-5,7,9,14H2,1H3,(H,25,26,27)/t20-/m0/s1. The Bertz CT molecular complexity index is 1000. The number of benzene rings is 1. The molecule has 2 aromatic heterocycles. The van der Waals surface area contributed by atoms with Crippen molar-refractivity contribution >= 4 is 28.2 Å². The van der Waals surface area contributed by atoms with Crippen molar-refractivity contribution in [1.29, 1.82) is 0 Å². The minimum atomic E-state index is -0.232. The number of aromatic nitrogens is 2. The maximum absolute atomic E-state index is 13.0. The van der Waals surface area contributed by atoms with Crippen molar-refractivity contribution in [2.75, 3.05) is 11.9 Å². The first kappa shape index (κ1) is 20.5. The Morgan fingerprint density at radius 1 is 1.27 bits per heavy atom. The summed E-state index contributed by atoms with van der Waals surface area (Å²) in [5, 5.41) is 4.07. The van der Waals surface area contributed by atoms with Gasteiger partial charge in [-0.2, -0.15) is 0 Å². The van der Waals surface area contributed by atoms with Crippen LogP contribution in [0.4, 0.5) is 15.3 Å². The number of pyridine rings is 1. The number of hydrogen-bond acceptors (Lipinski definition) is 5. The van der Waals surface area contributed by atoms with E-state index in [-0.39, 0.29) is 17.8 Å². The molecule has 1 fully saturated rings. The summed E-state index contributed by atoms with van der Waals surface area (Å²) >= 11 is 1.59. The first-order valence-corrected chi connectivity index (χ1v) is 11.1. The van der Waals surface area contributed by atoms with Crippen molar-refractivity contribution in [1.82, 2.24) is 14.9 Å². The topological polar surface area (TPSA) is 58.1 Å². The van der Waals surface area contributed by atoms with Crippen LogP contribution in [-0.4, -0.2) is 27.3 Å². The third kappa shape index (κ3) is 5.02. The molecular weight excluding hydrogens is 399 g/mol. The number of anilines is 2. The van der Waals surface area contributed by atoms with Crippen LogP contribution < -0.4 is 5.32 Å². The first-order chi connectivity index (χ1) is 14.6. The third-order valence-electron chi connectivity index (χ3n) is 5.31. The van der Waals surface area contributed by atoms with Gasteiger partial charge < -0.3 is 10.2 Å². The Kier molecular flexibility index (Phi) is 6.38. The predicted octanol–water partition coefficient (Wildman–Crippen LogP) is 5.42. The average molecular weight is 425 g/mol. The van der Waals surface area contributed by atoms with Gasteiger partial charge in [-0.25, -0.2) is 14.4 Å². The summed E-state index contributed by atoms with van der Waals surface area (Å²) < 4.78 is 13.0. The van der Waals surface area contributed by atoms with Crippen molar-refractivity contribution in [3.05, 3.63) is 70.6 Å². The largest absolute Gasteiger partial charge is 0.334 e. The third-order valence-corrected chi connectivity index (χ3v) is 6.14. The van der Waals surface area contributed by atoms with Gasteiger partial charge in [0.05, 0.1) is 11.7 Å². The molecule has 3 heterocycles. The van der Waals surface area contributed by atoms with Crippen LogP contribution >= 0.6 is 11.3 Å². The zero-order valence-corrected chi connectivity index (χ0v) is 17.8. The number of carbonyl (C=O) groups excluding carboxylic acids is 1. The summed E-state index contributed by atoms with van der Waals surface area (Å²) in [4.78, 5) is 25.1. The summed E-state index contributed by atoms with van der Waals surface area (Å²) in [5.41, 5.74) is 1.97. The summed E-state index contributed by atoms with van der Waals surface area (Å²) in [6.07, 6.45) is 5.77. The maximum atomic E-state index is 13.0. The highest BCUT2D eigenvalue weighted by Gasteiger charge is 2.30. The minimum Gasteiger partial charge on any atom is -0.334 e. The van der Waals surface area contributed by atoms with E-state index in [9.17, 15) is 9.18 Å². The number of carbonyl (C=O) groups is 1. The van der Waals surface area contributed by atoms with E-state index in [1.165, 1.54) is 12.1 Å². The number of rotatable bonds is 7. The number of nitrogens with one attached hydrogen (secondary N) is 1. The van der Waals surface area contributed by atoms with E-state index >= 15 is 0 Å². The Morgan fingerprint density at radius 3 is 2.87 bits per heavy atom. The van der Waals surface area contributed by atoms with Crippen LogP contribution in [0.2, 0.25) is 0 Å². The minimum absolute atomic E-state index is 0.0168. The van der Waals surface area contributed by atoms with E-state index in [2.05, 4.69) is 10.3 Å². The van der Waals surface area contributed by atoms with Crippen LogP contribution in [0.5, 0.6) is 0 Å². The molecule has 0 radical (unpaired) electrons. The molecule has 1 aromatic carbocycles. The summed E-state index contributed by atoms with van der Waals surface area (Å²) in [7, 11) is 0. The lowest BCUT2D eigenvalue weighted by atomic mass is 10.1. The number of aryl methyl sites for hydroxylation is 2. The SMILES string of the molecule is Cc1cnc(Nc2cccc([C@@H]3CCCN3C(=O)CCCc3ccc(F)cc3)n2)s1. The zero-order valence-electron chi connectivity index (χ0n) is 17.0. The molecule has 1 atom stereocenters. The highest BCUT2D eigenvalue weighted by Crippen LogP contribution is 2.32.